The number of hydrogen-bond acceptors (Lipinski definition) is 6. The molecule has 8 nitrogen and oxygen atoms in total. The van der Waals surface area contributed by atoms with Crippen LogP contribution in [-0.4, -0.2) is 68.5 Å². The summed E-state index contributed by atoms with van der Waals surface area (Å²) in [4.78, 5) is 24.9. The largest absolute Gasteiger partial charge is 0.756 e. The van der Waals surface area contributed by atoms with Gasteiger partial charge in [0.25, 0.3) is 7.82 Å². The van der Waals surface area contributed by atoms with E-state index in [0.717, 1.165) is 38.5 Å². The number of carbonyl (C=O) groups excluding carboxylic acids is 1. The minimum absolute atomic E-state index is 0.0148. The highest BCUT2D eigenvalue weighted by molar-refractivity contribution is 7.45. The molecule has 3 unspecified atom stereocenters. The van der Waals surface area contributed by atoms with Crippen molar-refractivity contribution in [2.24, 2.45) is 0 Å². The maximum atomic E-state index is 12.6. The van der Waals surface area contributed by atoms with E-state index in [4.69, 9.17) is 9.05 Å². The molecule has 2 N–H and O–H groups in total. The van der Waals surface area contributed by atoms with Crippen molar-refractivity contribution in [1.29, 1.82) is 0 Å². The molecule has 0 aliphatic heterocycles. The predicted molar refractivity (Wildman–Crippen MR) is 173 cm³/mol. The Balaban J connectivity index is 4.42. The Kier molecular flexibility index (Phi) is 26.5. The van der Waals surface area contributed by atoms with Gasteiger partial charge in [-0.05, 0) is 12.8 Å². The van der Waals surface area contributed by atoms with Crippen molar-refractivity contribution in [3.05, 3.63) is 0 Å². The zero-order valence-electron chi connectivity index (χ0n) is 28.2. The van der Waals surface area contributed by atoms with Crippen LogP contribution in [0.1, 0.15) is 155 Å². The van der Waals surface area contributed by atoms with Gasteiger partial charge in [0, 0.05) is 6.42 Å². The summed E-state index contributed by atoms with van der Waals surface area (Å²) in [5.41, 5.74) is 0. The molecular weight excluding hydrogens is 551 g/mol. The van der Waals surface area contributed by atoms with Gasteiger partial charge in [0.1, 0.15) is 13.2 Å². The molecule has 252 valence electrons. The summed E-state index contributed by atoms with van der Waals surface area (Å²) >= 11 is 0. The van der Waals surface area contributed by atoms with Crippen molar-refractivity contribution in [2.45, 2.75) is 167 Å². The molecule has 0 saturated carbocycles. The second kappa shape index (κ2) is 26.9. The molecule has 0 heterocycles. The number of quaternary nitrogens is 1. The minimum atomic E-state index is -4.54. The lowest BCUT2D eigenvalue weighted by atomic mass is 10.0. The molecule has 0 rings (SSSR count). The SMILES string of the molecule is CCCCCCCCCCCCCCCCC(O)C(COP(=O)([O-])OCC[N+](C)(C)C)NC(=O)CCCCCCCC. The number of phosphoric acid groups is 1. The summed E-state index contributed by atoms with van der Waals surface area (Å²) in [6, 6.07) is -0.788. The molecule has 0 saturated heterocycles. The minimum Gasteiger partial charge on any atom is -0.756 e. The zero-order valence-corrected chi connectivity index (χ0v) is 29.1. The second-order valence-corrected chi connectivity index (χ2v) is 14.6. The number of hydrogen-bond donors (Lipinski definition) is 2. The van der Waals surface area contributed by atoms with Crippen LogP contribution >= 0.6 is 7.82 Å². The molecule has 0 fully saturated rings. The third-order valence-electron chi connectivity index (χ3n) is 7.85. The highest BCUT2D eigenvalue weighted by atomic mass is 31.2. The number of phosphoric ester groups is 1. The molecule has 0 bridgehead atoms. The first-order valence-corrected chi connectivity index (χ1v) is 18.8. The van der Waals surface area contributed by atoms with Crippen LogP contribution in [0.25, 0.3) is 0 Å². The number of unbranched alkanes of at least 4 members (excludes halogenated alkanes) is 18. The van der Waals surface area contributed by atoms with E-state index < -0.39 is 20.0 Å². The Labute approximate surface area is 259 Å². The monoisotopic (exact) mass is 620 g/mol. The molecule has 3 atom stereocenters. The van der Waals surface area contributed by atoms with E-state index in [-0.39, 0.29) is 19.1 Å². The molecular formula is C33H69N2O6P. The summed E-state index contributed by atoms with van der Waals surface area (Å²) in [5.74, 6) is -0.175. The lowest BCUT2D eigenvalue weighted by molar-refractivity contribution is -0.870. The maximum absolute atomic E-state index is 12.6. The summed E-state index contributed by atoms with van der Waals surface area (Å²) in [6.45, 7) is 4.63. The van der Waals surface area contributed by atoms with E-state index >= 15 is 0 Å². The lowest BCUT2D eigenvalue weighted by Crippen LogP contribution is -2.46. The average Bonchev–Trinajstić information content (AvgIpc) is 2.92. The number of aliphatic hydroxyl groups excluding tert-OH is 1. The van der Waals surface area contributed by atoms with E-state index in [0.29, 0.717) is 23.9 Å². The van der Waals surface area contributed by atoms with Crippen molar-refractivity contribution in [3.8, 4) is 0 Å². The standard InChI is InChI=1S/C33H69N2O6P/c1-6-8-10-12-14-15-16-17-18-19-20-21-22-24-26-32(36)31(34-33(37)27-25-23-13-11-9-7-2)30-41-42(38,39)40-29-28-35(3,4)5/h31-32,36H,6-30H2,1-5H3,(H-,34,37,38,39). The van der Waals surface area contributed by atoms with Gasteiger partial charge in [-0.2, -0.15) is 0 Å². The van der Waals surface area contributed by atoms with Gasteiger partial charge in [-0.3, -0.25) is 9.36 Å². The van der Waals surface area contributed by atoms with Crippen LogP contribution in [0.5, 0.6) is 0 Å². The van der Waals surface area contributed by atoms with Crippen molar-refractivity contribution >= 4 is 13.7 Å². The Hall–Kier alpha value is -0.500. The number of aliphatic hydroxyl groups is 1. The van der Waals surface area contributed by atoms with Crippen molar-refractivity contribution < 1.29 is 32.9 Å². The number of nitrogens with one attached hydrogen (secondary N) is 1. The third-order valence-corrected chi connectivity index (χ3v) is 8.81. The van der Waals surface area contributed by atoms with Crippen LogP contribution in [0, 0.1) is 0 Å². The Bertz CT molecular complexity index is 673. The molecule has 1 amide bonds. The number of amides is 1. The Morgan fingerprint density at radius 1 is 0.738 bits per heavy atom. The molecule has 0 aromatic heterocycles. The first kappa shape index (κ1) is 41.5. The highest BCUT2D eigenvalue weighted by Crippen LogP contribution is 2.38. The van der Waals surface area contributed by atoms with Crippen LogP contribution in [0.2, 0.25) is 0 Å². The topological polar surface area (TPSA) is 108 Å². The first-order chi connectivity index (χ1) is 20.0. The van der Waals surface area contributed by atoms with Crippen molar-refractivity contribution in [1.82, 2.24) is 5.32 Å². The molecule has 0 aromatic rings. The van der Waals surface area contributed by atoms with E-state index in [1.807, 2.05) is 21.1 Å². The second-order valence-electron chi connectivity index (χ2n) is 13.2. The van der Waals surface area contributed by atoms with E-state index in [1.165, 1.54) is 89.9 Å². The molecule has 9 heteroatoms. The number of rotatable bonds is 31. The van der Waals surface area contributed by atoms with Gasteiger partial charge >= 0.3 is 0 Å². The van der Waals surface area contributed by atoms with E-state index in [2.05, 4.69) is 19.2 Å². The van der Waals surface area contributed by atoms with Gasteiger partial charge in [-0.15, -0.1) is 0 Å². The number of nitrogens with zero attached hydrogens (tertiary/aromatic N) is 1. The summed E-state index contributed by atoms with van der Waals surface area (Å²) in [5, 5.41) is 13.7. The summed E-state index contributed by atoms with van der Waals surface area (Å²) < 4.78 is 23.0. The molecule has 0 aliphatic rings. The average molecular weight is 621 g/mol. The highest BCUT2D eigenvalue weighted by Gasteiger charge is 2.24. The summed E-state index contributed by atoms with van der Waals surface area (Å²) in [6.07, 6.45) is 24.1. The van der Waals surface area contributed by atoms with Crippen LogP contribution in [0.3, 0.4) is 0 Å². The van der Waals surface area contributed by atoms with E-state index in [9.17, 15) is 19.4 Å². The zero-order chi connectivity index (χ0) is 31.5. The molecule has 0 aromatic carbocycles. The first-order valence-electron chi connectivity index (χ1n) is 17.4. The van der Waals surface area contributed by atoms with Crippen LogP contribution < -0.4 is 10.2 Å². The van der Waals surface area contributed by atoms with Gasteiger partial charge in [0.05, 0.1) is 39.9 Å². The smallest absolute Gasteiger partial charge is 0.268 e. The Morgan fingerprint density at radius 3 is 1.62 bits per heavy atom. The lowest BCUT2D eigenvalue weighted by Gasteiger charge is -2.30. The predicted octanol–water partition coefficient (Wildman–Crippen LogP) is 7.66. The molecule has 0 spiro atoms. The van der Waals surface area contributed by atoms with Crippen LogP contribution in [0.15, 0.2) is 0 Å². The fourth-order valence-electron chi connectivity index (χ4n) is 4.98. The molecule has 42 heavy (non-hydrogen) atoms. The normalized spacial score (nSPS) is 14.9. The maximum Gasteiger partial charge on any atom is 0.268 e. The van der Waals surface area contributed by atoms with E-state index in [1.54, 1.807) is 0 Å². The van der Waals surface area contributed by atoms with Gasteiger partial charge in [-0.1, -0.05) is 136 Å². The van der Waals surface area contributed by atoms with Gasteiger partial charge in [-0.25, -0.2) is 0 Å². The molecule has 0 radical (unpaired) electrons. The van der Waals surface area contributed by atoms with Gasteiger partial charge in [0.15, 0.2) is 0 Å². The van der Waals surface area contributed by atoms with Crippen molar-refractivity contribution in [2.75, 3.05) is 40.9 Å². The fraction of sp³-hybridized carbons (Fsp3) is 0.970. The third kappa shape index (κ3) is 28.3. The van der Waals surface area contributed by atoms with Gasteiger partial charge < -0.3 is 28.8 Å². The molecule has 0 aliphatic carbocycles. The van der Waals surface area contributed by atoms with Crippen LogP contribution in [0.4, 0.5) is 0 Å². The van der Waals surface area contributed by atoms with Crippen molar-refractivity contribution in [3.63, 3.8) is 0 Å². The Morgan fingerprint density at radius 2 is 1.17 bits per heavy atom. The summed E-state index contributed by atoms with van der Waals surface area (Å²) in [7, 11) is 1.31. The number of likely N-dealkylation sites (N-methyl/N-ethyl adjacent to an activating group) is 1. The number of carbonyl (C=O) groups is 1. The van der Waals surface area contributed by atoms with Crippen LogP contribution in [-0.2, 0) is 18.4 Å². The quantitative estimate of drug-likeness (QED) is 0.0468. The fourth-order valence-corrected chi connectivity index (χ4v) is 5.70. The van der Waals surface area contributed by atoms with Gasteiger partial charge in [0.2, 0.25) is 5.91 Å².